The Kier molecular flexibility index (Phi) is 4.93. The van der Waals surface area contributed by atoms with Gasteiger partial charge in [-0.15, -0.1) is 0 Å². The molecule has 0 aliphatic rings. The molecule has 4 aromatic carbocycles. The standard InChI is InChI=1S/C24H21NO2/c1-26-22-13-9-20(10-14-22)25-21-11-15-23(16-12-21)27-17-19-7-4-6-18-5-2-3-8-24(18)19/h2-16,25H,17H2,1H3. The molecule has 134 valence electrons. The van der Waals surface area contributed by atoms with Crippen molar-refractivity contribution in [1.29, 1.82) is 0 Å². The van der Waals surface area contributed by atoms with Crippen LogP contribution in [0.1, 0.15) is 5.56 Å². The first-order valence-electron chi connectivity index (χ1n) is 8.92. The Balaban J connectivity index is 1.41. The van der Waals surface area contributed by atoms with Crippen molar-refractivity contribution in [2.75, 3.05) is 12.4 Å². The number of hydrogen-bond acceptors (Lipinski definition) is 3. The molecule has 0 aliphatic heterocycles. The Labute approximate surface area is 159 Å². The Morgan fingerprint density at radius 2 is 1.30 bits per heavy atom. The van der Waals surface area contributed by atoms with Crippen LogP contribution in [0.5, 0.6) is 11.5 Å². The molecule has 27 heavy (non-hydrogen) atoms. The SMILES string of the molecule is COc1ccc(Nc2ccc(OCc3cccc4ccccc34)cc2)cc1. The highest BCUT2D eigenvalue weighted by molar-refractivity contribution is 5.85. The Hall–Kier alpha value is -3.46. The lowest BCUT2D eigenvalue weighted by Gasteiger charge is -2.11. The molecule has 3 heteroatoms. The second-order valence-electron chi connectivity index (χ2n) is 6.30. The summed E-state index contributed by atoms with van der Waals surface area (Å²) in [5.41, 5.74) is 3.21. The minimum atomic E-state index is 0.548. The van der Waals surface area contributed by atoms with Crippen molar-refractivity contribution >= 4 is 22.1 Å². The molecule has 0 aromatic heterocycles. The van der Waals surface area contributed by atoms with E-state index in [1.165, 1.54) is 16.3 Å². The number of fused-ring (bicyclic) bond motifs is 1. The van der Waals surface area contributed by atoms with E-state index < -0.39 is 0 Å². The molecule has 0 radical (unpaired) electrons. The van der Waals surface area contributed by atoms with Crippen LogP contribution in [0.2, 0.25) is 0 Å². The molecular formula is C24H21NO2. The Morgan fingerprint density at radius 1 is 0.667 bits per heavy atom. The van der Waals surface area contributed by atoms with Gasteiger partial charge in [0.05, 0.1) is 7.11 Å². The van der Waals surface area contributed by atoms with Crippen LogP contribution in [0.4, 0.5) is 11.4 Å². The highest BCUT2D eigenvalue weighted by Gasteiger charge is 2.02. The van der Waals surface area contributed by atoms with Gasteiger partial charge in [-0.25, -0.2) is 0 Å². The third-order valence-electron chi connectivity index (χ3n) is 4.51. The van der Waals surface area contributed by atoms with Gasteiger partial charge in [0.25, 0.3) is 0 Å². The summed E-state index contributed by atoms with van der Waals surface area (Å²) < 4.78 is 11.2. The van der Waals surface area contributed by atoms with E-state index >= 15 is 0 Å². The number of methoxy groups -OCH3 is 1. The number of ether oxygens (including phenoxy) is 2. The van der Waals surface area contributed by atoms with Crippen LogP contribution < -0.4 is 14.8 Å². The summed E-state index contributed by atoms with van der Waals surface area (Å²) in [4.78, 5) is 0. The van der Waals surface area contributed by atoms with Gasteiger partial charge in [-0.05, 0) is 64.9 Å². The van der Waals surface area contributed by atoms with E-state index in [2.05, 4.69) is 47.8 Å². The first-order valence-corrected chi connectivity index (χ1v) is 8.92. The van der Waals surface area contributed by atoms with Crippen molar-refractivity contribution in [3.63, 3.8) is 0 Å². The van der Waals surface area contributed by atoms with Gasteiger partial charge in [0.1, 0.15) is 18.1 Å². The van der Waals surface area contributed by atoms with Crippen molar-refractivity contribution in [3.8, 4) is 11.5 Å². The predicted molar refractivity (Wildman–Crippen MR) is 111 cm³/mol. The van der Waals surface area contributed by atoms with E-state index in [0.29, 0.717) is 6.61 Å². The lowest BCUT2D eigenvalue weighted by molar-refractivity contribution is 0.308. The van der Waals surface area contributed by atoms with Gasteiger partial charge in [0.15, 0.2) is 0 Å². The van der Waals surface area contributed by atoms with Crippen LogP contribution in [0, 0.1) is 0 Å². The van der Waals surface area contributed by atoms with Crippen molar-refractivity contribution in [2.45, 2.75) is 6.61 Å². The molecule has 0 spiro atoms. The van der Waals surface area contributed by atoms with Crippen molar-refractivity contribution in [3.05, 3.63) is 96.6 Å². The summed E-state index contributed by atoms with van der Waals surface area (Å²) in [6.07, 6.45) is 0. The summed E-state index contributed by atoms with van der Waals surface area (Å²) in [6, 6.07) is 30.5. The van der Waals surface area contributed by atoms with E-state index in [4.69, 9.17) is 9.47 Å². The molecule has 0 saturated carbocycles. The van der Waals surface area contributed by atoms with Gasteiger partial charge in [0, 0.05) is 11.4 Å². The van der Waals surface area contributed by atoms with Gasteiger partial charge in [-0.1, -0.05) is 42.5 Å². The fourth-order valence-electron chi connectivity index (χ4n) is 3.05. The number of rotatable bonds is 6. The number of anilines is 2. The van der Waals surface area contributed by atoms with Crippen LogP contribution in [-0.2, 0) is 6.61 Å². The second-order valence-corrected chi connectivity index (χ2v) is 6.30. The van der Waals surface area contributed by atoms with E-state index in [1.807, 2.05) is 48.5 Å². The highest BCUT2D eigenvalue weighted by Crippen LogP contribution is 2.24. The lowest BCUT2D eigenvalue weighted by Crippen LogP contribution is -1.97. The predicted octanol–water partition coefficient (Wildman–Crippen LogP) is 6.17. The van der Waals surface area contributed by atoms with Crippen molar-refractivity contribution in [1.82, 2.24) is 0 Å². The average Bonchev–Trinajstić information content (AvgIpc) is 2.74. The maximum absolute atomic E-state index is 5.99. The van der Waals surface area contributed by atoms with Crippen LogP contribution in [0.3, 0.4) is 0 Å². The molecule has 0 heterocycles. The molecule has 0 aliphatic carbocycles. The molecule has 1 N–H and O–H groups in total. The summed E-state index contributed by atoms with van der Waals surface area (Å²) >= 11 is 0. The minimum Gasteiger partial charge on any atom is -0.497 e. The number of nitrogens with one attached hydrogen (secondary N) is 1. The summed E-state index contributed by atoms with van der Waals surface area (Å²) in [7, 11) is 1.67. The Morgan fingerprint density at radius 3 is 2.00 bits per heavy atom. The van der Waals surface area contributed by atoms with Crippen LogP contribution >= 0.6 is 0 Å². The average molecular weight is 355 g/mol. The lowest BCUT2D eigenvalue weighted by atomic mass is 10.1. The fourth-order valence-corrected chi connectivity index (χ4v) is 3.05. The largest absolute Gasteiger partial charge is 0.497 e. The first-order chi connectivity index (χ1) is 13.3. The normalized spacial score (nSPS) is 10.6. The zero-order valence-corrected chi connectivity index (χ0v) is 15.2. The maximum atomic E-state index is 5.99. The van der Waals surface area contributed by atoms with Gasteiger partial charge in [-0.3, -0.25) is 0 Å². The highest BCUT2D eigenvalue weighted by atomic mass is 16.5. The molecule has 4 aromatic rings. The van der Waals surface area contributed by atoms with Crippen LogP contribution in [-0.4, -0.2) is 7.11 Å². The zero-order chi connectivity index (χ0) is 18.5. The second kappa shape index (κ2) is 7.83. The molecule has 0 atom stereocenters. The third kappa shape index (κ3) is 4.04. The third-order valence-corrected chi connectivity index (χ3v) is 4.51. The summed E-state index contributed by atoms with van der Waals surface area (Å²) in [5.74, 6) is 1.70. The smallest absolute Gasteiger partial charge is 0.119 e. The quantitative estimate of drug-likeness (QED) is 0.448. The van der Waals surface area contributed by atoms with Gasteiger partial charge < -0.3 is 14.8 Å². The Bertz CT molecular complexity index is 1020. The van der Waals surface area contributed by atoms with Crippen LogP contribution in [0.15, 0.2) is 91.0 Å². The topological polar surface area (TPSA) is 30.5 Å². The maximum Gasteiger partial charge on any atom is 0.119 e. The molecule has 0 saturated heterocycles. The van der Waals surface area contributed by atoms with Gasteiger partial charge in [0.2, 0.25) is 0 Å². The minimum absolute atomic E-state index is 0.548. The molecule has 0 bridgehead atoms. The first kappa shape index (κ1) is 17.0. The molecule has 0 fully saturated rings. The molecule has 0 unspecified atom stereocenters. The number of benzene rings is 4. The molecule has 0 amide bonds. The van der Waals surface area contributed by atoms with Gasteiger partial charge in [-0.2, -0.15) is 0 Å². The summed E-state index contributed by atoms with van der Waals surface area (Å²) in [6.45, 7) is 0.548. The van der Waals surface area contributed by atoms with Gasteiger partial charge >= 0.3 is 0 Å². The van der Waals surface area contributed by atoms with Crippen LogP contribution in [0.25, 0.3) is 10.8 Å². The molecule has 4 rings (SSSR count). The van der Waals surface area contributed by atoms with E-state index in [0.717, 1.165) is 22.9 Å². The molecular weight excluding hydrogens is 334 g/mol. The summed E-state index contributed by atoms with van der Waals surface area (Å²) in [5, 5.41) is 5.84. The van der Waals surface area contributed by atoms with Crippen molar-refractivity contribution in [2.24, 2.45) is 0 Å². The van der Waals surface area contributed by atoms with E-state index in [9.17, 15) is 0 Å². The van der Waals surface area contributed by atoms with Crippen molar-refractivity contribution < 1.29 is 9.47 Å². The fraction of sp³-hybridized carbons (Fsp3) is 0.0833. The molecule has 3 nitrogen and oxygen atoms in total. The zero-order valence-electron chi connectivity index (χ0n) is 15.2. The van der Waals surface area contributed by atoms with E-state index in [-0.39, 0.29) is 0 Å². The monoisotopic (exact) mass is 355 g/mol. The van der Waals surface area contributed by atoms with E-state index in [1.54, 1.807) is 7.11 Å². The number of hydrogen-bond donors (Lipinski definition) is 1.